The number of carbonyl (C=O) groups is 1. The number of hydrogen-bond donors (Lipinski definition) is 0. The number of ketones is 1. The molecule has 2 atom stereocenters. The molecule has 0 aliphatic carbocycles. The second kappa shape index (κ2) is 14.8. The molecule has 1 saturated heterocycles. The molecule has 2 unspecified atom stereocenters. The zero-order valence-electron chi connectivity index (χ0n) is 23.6. The first-order valence-electron chi connectivity index (χ1n) is 13.8. The van der Waals surface area contributed by atoms with Crippen molar-refractivity contribution in [3.05, 3.63) is 42.0 Å². The molecule has 1 aliphatic heterocycles. The molecule has 0 amide bonds. The quantitative estimate of drug-likeness (QED) is 0.0666. The van der Waals surface area contributed by atoms with Crippen LogP contribution in [0, 0.1) is 11.8 Å². The van der Waals surface area contributed by atoms with Crippen LogP contribution in [0.15, 0.2) is 30.9 Å². The Labute approximate surface area is 221 Å². The van der Waals surface area contributed by atoms with Crippen LogP contribution in [-0.4, -0.2) is 33.1 Å². The Hall–Kier alpha value is -1.87. The maximum atomic E-state index is 13.1. The van der Waals surface area contributed by atoms with Gasteiger partial charge in [-0.2, -0.15) is 0 Å². The zero-order valence-corrected chi connectivity index (χ0v) is 24.6. The van der Waals surface area contributed by atoms with Gasteiger partial charge in [-0.05, 0) is 74.7 Å². The molecule has 0 aromatic heterocycles. The van der Waals surface area contributed by atoms with Crippen molar-refractivity contribution in [2.75, 3.05) is 6.61 Å². The standard InChI is InChI=1S/C31H48O4Si/c1-8-10-11-18-25(34-30-23-14-15-24-33-30)19-12-13-21-28(32)26-20-16-22-29(27(26)17-9-2)35-36(6,7)31(3,4)5/h9,16,20,22,25,30H,2,8,10-12,14-15,17-19,23-24H2,1,3-7H3. The summed E-state index contributed by atoms with van der Waals surface area (Å²) in [6.07, 6.45) is 11.7. The van der Waals surface area contributed by atoms with Gasteiger partial charge in [0.25, 0.3) is 0 Å². The molecule has 1 fully saturated rings. The number of ether oxygens (including phenoxy) is 2. The Balaban J connectivity index is 2.09. The second-order valence-corrected chi connectivity index (χ2v) is 16.1. The number of hydrogen-bond acceptors (Lipinski definition) is 4. The third-order valence-corrected chi connectivity index (χ3v) is 11.6. The summed E-state index contributed by atoms with van der Waals surface area (Å²) in [5.41, 5.74) is 1.50. The highest BCUT2D eigenvalue weighted by molar-refractivity contribution is 6.74. The predicted octanol–water partition coefficient (Wildman–Crippen LogP) is 8.26. The molecule has 1 aromatic rings. The van der Waals surface area contributed by atoms with E-state index in [-0.39, 0.29) is 23.2 Å². The first-order chi connectivity index (χ1) is 17.1. The fourth-order valence-electron chi connectivity index (χ4n) is 4.04. The molecule has 2 rings (SSSR count). The van der Waals surface area contributed by atoms with Crippen molar-refractivity contribution in [2.24, 2.45) is 0 Å². The Bertz CT molecular complexity index is 897. The molecule has 200 valence electrons. The van der Waals surface area contributed by atoms with E-state index in [4.69, 9.17) is 13.9 Å². The Morgan fingerprint density at radius 1 is 1.25 bits per heavy atom. The minimum absolute atomic E-state index is 0.0661. The van der Waals surface area contributed by atoms with Crippen LogP contribution in [0.4, 0.5) is 0 Å². The Morgan fingerprint density at radius 3 is 2.67 bits per heavy atom. The van der Waals surface area contributed by atoms with Gasteiger partial charge < -0.3 is 13.9 Å². The van der Waals surface area contributed by atoms with Gasteiger partial charge >= 0.3 is 0 Å². The van der Waals surface area contributed by atoms with Crippen LogP contribution in [0.3, 0.4) is 0 Å². The van der Waals surface area contributed by atoms with E-state index in [0.29, 0.717) is 18.4 Å². The van der Waals surface area contributed by atoms with Crippen LogP contribution in [0.1, 0.15) is 101 Å². The summed E-state index contributed by atoms with van der Waals surface area (Å²) >= 11 is 0. The first kappa shape index (κ1) is 30.4. The van der Waals surface area contributed by atoms with E-state index in [9.17, 15) is 4.79 Å². The summed E-state index contributed by atoms with van der Waals surface area (Å²) in [6, 6.07) is 5.71. The van der Waals surface area contributed by atoms with E-state index in [0.717, 1.165) is 56.4 Å². The number of benzene rings is 1. The highest BCUT2D eigenvalue weighted by Crippen LogP contribution is 2.39. The first-order valence-corrected chi connectivity index (χ1v) is 16.7. The smallest absolute Gasteiger partial charge is 0.250 e. The fraction of sp³-hybridized carbons (Fsp3) is 0.645. The second-order valence-electron chi connectivity index (χ2n) is 11.4. The van der Waals surface area contributed by atoms with Gasteiger partial charge in [0.05, 0.1) is 6.10 Å². The van der Waals surface area contributed by atoms with Gasteiger partial charge in [0.2, 0.25) is 14.1 Å². The maximum absolute atomic E-state index is 13.1. The summed E-state index contributed by atoms with van der Waals surface area (Å²) in [7, 11) is -2.05. The zero-order chi connectivity index (χ0) is 26.6. The molecule has 1 aromatic carbocycles. The van der Waals surface area contributed by atoms with Crippen LogP contribution < -0.4 is 4.43 Å². The van der Waals surface area contributed by atoms with Crippen LogP contribution in [0.5, 0.6) is 5.75 Å². The number of Topliss-reactive ketones (excluding diaryl/α,β-unsaturated/α-hetero) is 1. The van der Waals surface area contributed by atoms with Crippen LogP contribution in [0.2, 0.25) is 18.1 Å². The highest BCUT2D eigenvalue weighted by Gasteiger charge is 2.39. The van der Waals surface area contributed by atoms with Crippen LogP contribution in [-0.2, 0) is 15.9 Å². The van der Waals surface area contributed by atoms with E-state index in [2.05, 4.69) is 59.2 Å². The van der Waals surface area contributed by atoms with Gasteiger partial charge in [-0.25, -0.2) is 0 Å². The average molecular weight is 513 g/mol. The highest BCUT2D eigenvalue weighted by atomic mass is 28.4. The minimum Gasteiger partial charge on any atom is -0.543 e. The van der Waals surface area contributed by atoms with Crippen molar-refractivity contribution in [2.45, 2.75) is 122 Å². The Kier molecular flexibility index (Phi) is 12.4. The van der Waals surface area contributed by atoms with Crippen LogP contribution in [0.25, 0.3) is 0 Å². The van der Waals surface area contributed by atoms with E-state index in [1.54, 1.807) is 0 Å². The molecule has 1 aliphatic rings. The lowest BCUT2D eigenvalue weighted by molar-refractivity contribution is -0.190. The summed E-state index contributed by atoms with van der Waals surface area (Å²) in [4.78, 5) is 13.1. The molecule has 0 N–H and O–H groups in total. The van der Waals surface area contributed by atoms with Crippen molar-refractivity contribution >= 4 is 14.1 Å². The van der Waals surface area contributed by atoms with Crippen molar-refractivity contribution < 1.29 is 18.7 Å². The number of rotatable bonds is 13. The summed E-state index contributed by atoms with van der Waals surface area (Å²) < 4.78 is 18.6. The van der Waals surface area contributed by atoms with Crippen molar-refractivity contribution in [1.29, 1.82) is 0 Å². The molecular weight excluding hydrogens is 464 g/mol. The van der Waals surface area contributed by atoms with Gasteiger partial charge in [-0.15, -0.1) is 6.58 Å². The largest absolute Gasteiger partial charge is 0.543 e. The Morgan fingerprint density at radius 2 is 2.03 bits per heavy atom. The molecular formula is C31H48O4Si. The van der Waals surface area contributed by atoms with Crippen molar-refractivity contribution in [3.8, 4) is 17.6 Å². The van der Waals surface area contributed by atoms with Gasteiger partial charge in [-0.1, -0.05) is 65.0 Å². The monoisotopic (exact) mass is 512 g/mol. The van der Waals surface area contributed by atoms with E-state index < -0.39 is 8.32 Å². The molecule has 0 radical (unpaired) electrons. The SMILES string of the molecule is C=CCc1c(O[Si](C)(C)C(C)(C)C)cccc1C(=O)C#CCCC(CCCCC)OC1CCCCO1. The van der Waals surface area contributed by atoms with E-state index in [1.165, 1.54) is 12.8 Å². The normalized spacial score (nSPS) is 17.1. The van der Waals surface area contributed by atoms with Crippen LogP contribution >= 0.6 is 0 Å². The number of carbonyl (C=O) groups excluding carboxylic acids is 1. The lowest BCUT2D eigenvalue weighted by Crippen LogP contribution is -2.44. The van der Waals surface area contributed by atoms with Gasteiger partial charge in [0.15, 0.2) is 6.29 Å². The summed E-state index contributed by atoms with van der Waals surface area (Å²) in [5, 5.41) is 0.0661. The molecule has 36 heavy (non-hydrogen) atoms. The molecule has 5 heteroatoms. The average Bonchev–Trinajstić information content (AvgIpc) is 2.82. The molecule has 0 saturated carbocycles. The third-order valence-electron chi connectivity index (χ3n) is 7.30. The maximum Gasteiger partial charge on any atom is 0.250 e. The van der Waals surface area contributed by atoms with E-state index in [1.807, 2.05) is 24.3 Å². The summed E-state index contributed by atoms with van der Waals surface area (Å²) in [5.74, 6) is 6.64. The summed E-state index contributed by atoms with van der Waals surface area (Å²) in [6.45, 7) is 18.0. The van der Waals surface area contributed by atoms with Gasteiger partial charge in [-0.3, -0.25) is 4.79 Å². The van der Waals surface area contributed by atoms with Crippen molar-refractivity contribution in [3.63, 3.8) is 0 Å². The minimum atomic E-state index is -2.05. The van der Waals surface area contributed by atoms with E-state index >= 15 is 0 Å². The molecule has 4 nitrogen and oxygen atoms in total. The van der Waals surface area contributed by atoms with Gasteiger partial charge in [0.1, 0.15) is 5.75 Å². The predicted molar refractivity (Wildman–Crippen MR) is 152 cm³/mol. The molecule has 0 spiro atoms. The fourth-order valence-corrected chi connectivity index (χ4v) is 5.08. The molecule has 1 heterocycles. The molecule has 0 bridgehead atoms. The number of allylic oxidation sites excluding steroid dienone is 1. The third kappa shape index (κ3) is 9.54. The number of unbranched alkanes of at least 4 members (excludes halogenated alkanes) is 2. The van der Waals surface area contributed by atoms with Gasteiger partial charge in [0, 0.05) is 24.2 Å². The lowest BCUT2D eigenvalue weighted by Gasteiger charge is -2.37. The lowest BCUT2D eigenvalue weighted by atomic mass is 9.99. The van der Waals surface area contributed by atoms with Crippen molar-refractivity contribution in [1.82, 2.24) is 0 Å². The topological polar surface area (TPSA) is 44.8 Å².